The van der Waals surface area contributed by atoms with Crippen LogP contribution in [0.15, 0.2) is 24.3 Å². The Balaban J connectivity index is -0.000000317. The van der Waals surface area contributed by atoms with E-state index in [1.165, 1.54) is 6.08 Å². The molecule has 9 heteroatoms. The van der Waals surface area contributed by atoms with Gasteiger partial charge >= 0.3 is 51.4 Å². The van der Waals surface area contributed by atoms with Gasteiger partial charge in [0.25, 0.3) is 0 Å². The maximum absolute atomic E-state index is 9.90. The van der Waals surface area contributed by atoms with E-state index in [-0.39, 0.29) is 57.7 Å². The van der Waals surface area contributed by atoms with E-state index in [0.717, 1.165) is 6.08 Å². The second-order valence-electron chi connectivity index (χ2n) is 3.56. The van der Waals surface area contributed by atoms with E-state index in [0.29, 0.717) is 0 Å². The molecule has 0 radical (unpaired) electrons. The summed E-state index contributed by atoms with van der Waals surface area (Å²) in [6.45, 7) is 1.05. The molecule has 0 rings (SSSR count). The Bertz CT molecular complexity index is 331. The largest absolute Gasteiger partial charge is 1.00 e. The van der Waals surface area contributed by atoms with Crippen LogP contribution in [0.25, 0.3) is 0 Å². The summed E-state index contributed by atoms with van der Waals surface area (Å²) >= 11 is 0. The smallest absolute Gasteiger partial charge is 0.545 e. The number of aliphatic hydroxyl groups excluding tert-OH is 5. The number of aliphatic carboxylic acids is 1. The third-order valence-electron chi connectivity index (χ3n) is 1.96. The maximum atomic E-state index is 9.90. The molecule has 8 nitrogen and oxygen atoms in total. The number of carbonyl (C=O) groups excluding carboxylic acids is 2. The number of allylic oxidation sites excluding steroid dienone is 3. The Morgan fingerprint density at radius 2 is 1.67 bits per heavy atom. The number of rotatable bonds is 7. The molecule has 4 atom stereocenters. The zero-order valence-electron chi connectivity index (χ0n) is 11.9. The van der Waals surface area contributed by atoms with E-state index in [4.69, 9.17) is 25.5 Å². The summed E-state index contributed by atoms with van der Waals surface area (Å²) in [5, 5.41) is 53.2. The van der Waals surface area contributed by atoms with Gasteiger partial charge in [0, 0.05) is 0 Å². The van der Waals surface area contributed by atoms with Crippen molar-refractivity contribution in [3.63, 3.8) is 0 Å². The number of carboxylic acid groups (broad SMARTS) is 1. The normalized spacial score (nSPS) is 16.3. The summed E-state index contributed by atoms with van der Waals surface area (Å²) in [6, 6.07) is 0. The molecule has 0 amide bonds. The third kappa shape index (κ3) is 14.7. The van der Waals surface area contributed by atoms with Crippen LogP contribution in [0.2, 0.25) is 0 Å². The topological polar surface area (TPSA) is 158 Å². The first-order chi connectivity index (χ1) is 9.31. The van der Waals surface area contributed by atoms with Crippen molar-refractivity contribution in [1.82, 2.24) is 0 Å². The van der Waals surface area contributed by atoms with Gasteiger partial charge in [0.2, 0.25) is 0 Å². The van der Waals surface area contributed by atoms with Gasteiger partial charge in [0.1, 0.15) is 24.4 Å². The Morgan fingerprint density at radius 1 is 1.14 bits per heavy atom. The van der Waals surface area contributed by atoms with Crippen molar-refractivity contribution in [3.05, 3.63) is 24.3 Å². The van der Waals surface area contributed by atoms with Gasteiger partial charge in [-0.25, -0.2) is 0 Å². The first kappa shape index (κ1) is 26.0. The van der Waals surface area contributed by atoms with Crippen LogP contribution in [0.4, 0.5) is 0 Å². The van der Waals surface area contributed by atoms with Crippen LogP contribution in [0.5, 0.6) is 0 Å². The predicted octanol–water partition coefficient (Wildman–Crippen LogP) is -6.51. The fraction of sp³-hybridized carbons (Fsp3) is 0.500. The molecule has 0 aliphatic heterocycles. The van der Waals surface area contributed by atoms with E-state index < -0.39 is 37.0 Å². The molecule has 0 aromatic rings. The van der Waals surface area contributed by atoms with Gasteiger partial charge in [0.15, 0.2) is 6.29 Å². The summed E-state index contributed by atoms with van der Waals surface area (Å²) in [4.78, 5) is 19.5. The van der Waals surface area contributed by atoms with Crippen molar-refractivity contribution in [1.29, 1.82) is 0 Å². The Morgan fingerprint density at radius 3 is 2.00 bits per heavy atom. The first-order valence-corrected chi connectivity index (χ1v) is 5.60. The molecule has 116 valence electrons. The molecule has 0 aliphatic rings. The van der Waals surface area contributed by atoms with E-state index in [2.05, 4.69) is 0 Å². The first-order valence-electron chi connectivity index (χ1n) is 5.60. The van der Waals surface area contributed by atoms with E-state index in [9.17, 15) is 14.7 Å². The summed E-state index contributed by atoms with van der Waals surface area (Å²) in [6.07, 6.45) is -1.10. The number of aldehydes is 1. The number of aliphatic hydroxyl groups is 5. The van der Waals surface area contributed by atoms with Crippen molar-refractivity contribution in [2.45, 2.75) is 31.3 Å². The van der Waals surface area contributed by atoms with E-state index in [1.54, 1.807) is 19.1 Å². The summed E-state index contributed by atoms with van der Waals surface area (Å²) < 4.78 is 0. The molecule has 0 aromatic heterocycles. The van der Waals surface area contributed by atoms with Crippen LogP contribution in [0.1, 0.15) is 6.92 Å². The quantitative estimate of drug-likeness (QED) is 0.133. The van der Waals surface area contributed by atoms with Crippen molar-refractivity contribution >= 4 is 12.3 Å². The molecule has 21 heavy (non-hydrogen) atoms. The molecule has 0 aliphatic carbocycles. The Hall–Kier alpha value is 0.0564. The molecule has 0 saturated carbocycles. The minimum absolute atomic E-state index is 0. The minimum atomic E-state index is -1.79. The van der Waals surface area contributed by atoms with Gasteiger partial charge in [-0.1, -0.05) is 18.2 Å². The van der Waals surface area contributed by atoms with Crippen LogP contribution in [0.3, 0.4) is 0 Å². The van der Waals surface area contributed by atoms with Crippen LogP contribution in [-0.2, 0) is 9.59 Å². The van der Waals surface area contributed by atoms with E-state index >= 15 is 0 Å². The molecule has 5 N–H and O–H groups in total. The van der Waals surface area contributed by atoms with Gasteiger partial charge in [-0.2, -0.15) is 0 Å². The van der Waals surface area contributed by atoms with Crippen LogP contribution in [0, 0.1) is 0 Å². The minimum Gasteiger partial charge on any atom is -0.545 e. The van der Waals surface area contributed by atoms with Crippen LogP contribution in [-0.4, -0.2) is 68.8 Å². The third-order valence-corrected chi connectivity index (χ3v) is 1.96. The number of hydrogen-bond donors (Lipinski definition) is 5. The SMILES string of the molecule is C/C=C/C=C/C(=O)[O-].O=CC(O)C(O)C(O)C(O)CO.[K+]. The Labute approximate surface area is 164 Å². The zero-order chi connectivity index (χ0) is 16.1. The molecule has 0 heterocycles. The second kappa shape index (κ2) is 16.4. The Kier molecular flexibility index (Phi) is 20.3. The average molecular weight is 330 g/mol. The fourth-order valence-electron chi connectivity index (χ4n) is 0.863. The zero-order valence-corrected chi connectivity index (χ0v) is 15.0. The molecule has 0 fully saturated rings. The van der Waals surface area contributed by atoms with Gasteiger partial charge in [0.05, 0.1) is 12.6 Å². The molecule has 0 spiro atoms. The monoisotopic (exact) mass is 330 g/mol. The number of hydrogen-bond acceptors (Lipinski definition) is 8. The molecular weight excluding hydrogens is 311 g/mol. The van der Waals surface area contributed by atoms with Crippen LogP contribution >= 0.6 is 0 Å². The summed E-state index contributed by atoms with van der Waals surface area (Å²) in [7, 11) is 0. The second-order valence-corrected chi connectivity index (χ2v) is 3.56. The van der Waals surface area contributed by atoms with Crippen molar-refractivity contribution in [2.75, 3.05) is 6.61 Å². The standard InChI is InChI=1S/C6H12O6.C6H8O2.K/c7-1-3(9)5(11)6(12)4(10)2-8;1-2-3-4-5-6(7)8;/h1,3-6,8-12H,2H2;2-5H,1H3,(H,7,8);/q;;+1/p-1/b;3-2+,5-4+;. The van der Waals surface area contributed by atoms with Crippen molar-refractivity contribution in [2.24, 2.45) is 0 Å². The maximum Gasteiger partial charge on any atom is 1.00 e. The van der Waals surface area contributed by atoms with Gasteiger partial charge in [-0.3, -0.25) is 0 Å². The molecule has 0 bridgehead atoms. The predicted molar refractivity (Wildman–Crippen MR) is 66.1 cm³/mol. The molecular formula is C12H19KO8. The average Bonchev–Trinajstić information content (AvgIpc) is 2.44. The molecule has 4 unspecified atom stereocenters. The van der Waals surface area contributed by atoms with Gasteiger partial charge in [-0.05, 0) is 13.0 Å². The summed E-state index contributed by atoms with van der Waals surface area (Å²) in [5.74, 6) is -1.16. The summed E-state index contributed by atoms with van der Waals surface area (Å²) in [5.41, 5.74) is 0. The van der Waals surface area contributed by atoms with Gasteiger partial charge < -0.3 is 40.2 Å². The van der Waals surface area contributed by atoms with Crippen molar-refractivity contribution < 1.29 is 91.6 Å². The fourth-order valence-corrected chi connectivity index (χ4v) is 0.863. The number of carbonyl (C=O) groups is 2. The molecule has 0 saturated heterocycles. The number of carboxylic acids is 1. The van der Waals surface area contributed by atoms with Gasteiger partial charge in [-0.15, -0.1) is 0 Å². The van der Waals surface area contributed by atoms with Crippen LogP contribution < -0.4 is 56.5 Å². The van der Waals surface area contributed by atoms with Crippen molar-refractivity contribution in [3.8, 4) is 0 Å². The van der Waals surface area contributed by atoms with E-state index in [1.807, 2.05) is 0 Å². The molecule has 0 aromatic carbocycles.